The number of nitrogens with zero attached hydrogens (tertiary/aromatic N) is 3. The number of β-amino-alcohol motifs (C(OH)–C–C–N with tert-alkyl or cyclic N) is 2. The molecule has 0 bridgehead atoms. The normalized spacial score (nSPS) is 23.0. The molecule has 1 fully saturated rings. The van der Waals surface area contributed by atoms with Crippen LogP contribution in [0, 0.1) is 5.92 Å². The number of hydrogen-bond donors (Lipinski definition) is 5. The third-order valence-electron chi connectivity index (χ3n) is 7.09. The number of carbonyl (C=O) groups is 1. The first-order valence-corrected chi connectivity index (χ1v) is 13.2. The Kier molecular flexibility index (Phi) is 5.95. The molecule has 3 atom stereocenters. The zero-order valence-electron chi connectivity index (χ0n) is 20.2. The van der Waals surface area contributed by atoms with Gasteiger partial charge in [0.1, 0.15) is 22.7 Å². The maximum Gasteiger partial charge on any atom is 0.226 e. The summed E-state index contributed by atoms with van der Waals surface area (Å²) in [5, 5.41) is 24.2. The van der Waals surface area contributed by atoms with Crippen molar-refractivity contribution in [3.8, 4) is 5.75 Å². The van der Waals surface area contributed by atoms with Crippen LogP contribution in [0.1, 0.15) is 36.3 Å². The van der Waals surface area contributed by atoms with E-state index in [4.69, 9.17) is 4.74 Å². The molecule has 3 aliphatic rings. The number of likely N-dealkylation sites (tertiary alicyclic amines) is 1. The molecule has 190 valence electrons. The number of carbonyl (C=O) groups excluding carboxylic acids is 1. The summed E-state index contributed by atoms with van der Waals surface area (Å²) in [4.78, 5) is 25.9. The van der Waals surface area contributed by atoms with Crippen molar-refractivity contribution in [3.05, 3.63) is 34.5 Å². The lowest BCUT2D eigenvalue weighted by Crippen LogP contribution is -2.37. The van der Waals surface area contributed by atoms with Crippen LogP contribution in [0.15, 0.2) is 18.5 Å². The standard InChI is InChI=1S/C25H30N6O4S/c1-12(2)35-20-7-16-14(8-28-30-16)5-17(20)29-23-22-15-4-3-13(6-21(15)36-24(22)27-11-26-23)25(34)31-9-18(32)19(33)10-31/h5,7,11-13,18-19,28,30,32-33H,3-4,6,8-10H2,1-2H3,(H,26,27,29)/t13-,18+,19+/m0/s1. The molecule has 6 rings (SSSR count). The van der Waals surface area contributed by atoms with Gasteiger partial charge in [0.05, 0.1) is 35.1 Å². The van der Waals surface area contributed by atoms with Gasteiger partial charge in [-0.3, -0.25) is 4.79 Å². The van der Waals surface area contributed by atoms with Gasteiger partial charge in [-0.15, -0.1) is 11.3 Å². The van der Waals surface area contributed by atoms with E-state index < -0.39 is 12.2 Å². The number of amides is 1. The van der Waals surface area contributed by atoms with Gasteiger partial charge < -0.3 is 30.6 Å². The van der Waals surface area contributed by atoms with E-state index in [1.807, 2.05) is 19.9 Å². The molecular weight excluding hydrogens is 480 g/mol. The Morgan fingerprint density at radius 3 is 2.83 bits per heavy atom. The van der Waals surface area contributed by atoms with Gasteiger partial charge in [-0.2, -0.15) is 0 Å². The van der Waals surface area contributed by atoms with Crippen molar-refractivity contribution in [3.63, 3.8) is 0 Å². The second-order valence-corrected chi connectivity index (χ2v) is 11.1. The highest BCUT2D eigenvalue weighted by Crippen LogP contribution is 2.42. The Morgan fingerprint density at radius 1 is 1.25 bits per heavy atom. The Balaban J connectivity index is 1.30. The van der Waals surface area contributed by atoms with Crippen LogP contribution in [0.5, 0.6) is 5.75 Å². The summed E-state index contributed by atoms with van der Waals surface area (Å²) < 4.78 is 6.10. The maximum atomic E-state index is 13.1. The van der Waals surface area contributed by atoms with Gasteiger partial charge in [0.15, 0.2) is 0 Å². The maximum absolute atomic E-state index is 13.1. The molecule has 3 aromatic rings. The lowest BCUT2D eigenvalue weighted by molar-refractivity contribution is -0.135. The van der Waals surface area contributed by atoms with Gasteiger partial charge in [0, 0.05) is 36.5 Å². The van der Waals surface area contributed by atoms with E-state index in [-0.39, 0.29) is 31.0 Å². The van der Waals surface area contributed by atoms with Crippen molar-refractivity contribution in [2.24, 2.45) is 5.92 Å². The predicted molar refractivity (Wildman–Crippen MR) is 137 cm³/mol. The molecule has 2 aromatic heterocycles. The van der Waals surface area contributed by atoms with Crippen LogP contribution in [0.4, 0.5) is 17.2 Å². The SMILES string of the molecule is CC(C)Oc1cc2c(cc1Nc1ncnc3sc4c(c13)CC[C@H](C(=O)N1C[C@@H](O)[C@H](O)C1)C4)CNN2. The Bertz CT molecular complexity index is 1320. The number of aliphatic hydroxyl groups excluding tert-OH is 2. The van der Waals surface area contributed by atoms with E-state index in [0.29, 0.717) is 12.8 Å². The number of ether oxygens (including phenoxy) is 1. The van der Waals surface area contributed by atoms with Crippen LogP contribution in [0.25, 0.3) is 10.2 Å². The third-order valence-corrected chi connectivity index (χ3v) is 8.25. The van der Waals surface area contributed by atoms with Crippen LogP contribution in [-0.2, 0) is 24.2 Å². The zero-order chi connectivity index (χ0) is 25.0. The summed E-state index contributed by atoms with van der Waals surface area (Å²) in [6, 6.07) is 4.09. The number of aromatic nitrogens is 2. The molecule has 2 aliphatic heterocycles. The minimum Gasteiger partial charge on any atom is -0.489 e. The number of thiophene rings is 1. The van der Waals surface area contributed by atoms with Gasteiger partial charge in [0.25, 0.3) is 0 Å². The van der Waals surface area contributed by atoms with Crippen molar-refractivity contribution in [2.75, 3.05) is 23.8 Å². The van der Waals surface area contributed by atoms with Crippen LogP contribution in [0.2, 0.25) is 0 Å². The highest BCUT2D eigenvalue weighted by Gasteiger charge is 2.37. The average Bonchev–Trinajstić information content (AvgIpc) is 3.55. The van der Waals surface area contributed by atoms with Crippen molar-refractivity contribution in [1.29, 1.82) is 0 Å². The van der Waals surface area contributed by atoms with Crippen LogP contribution < -0.4 is 20.9 Å². The summed E-state index contributed by atoms with van der Waals surface area (Å²) in [6.45, 7) is 5.12. The number of nitrogens with one attached hydrogen (secondary N) is 3. The first-order chi connectivity index (χ1) is 17.4. The molecule has 36 heavy (non-hydrogen) atoms. The van der Waals surface area contributed by atoms with E-state index >= 15 is 0 Å². The van der Waals surface area contributed by atoms with Crippen molar-refractivity contribution < 1.29 is 19.7 Å². The van der Waals surface area contributed by atoms with Crippen LogP contribution in [0.3, 0.4) is 0 Å². The minimum absolute atomic E-state index is 0.00831. The van der Waals surface area contributed by atoms with E-state index in [9.17, 15) is 15.0 Å². The summed E-state index contributed by atoms with van der Waals surface area (Å²) in [5.74, 6) is 1.33. The highest BCUT2D eigenvalue weighted by atomic mass is 32.1. The lowest BCUT2D eigenvalue weighted by atomic mass is 9.87. The van der Waals surface area contributed by atoms with Crippen molar-refractivity contribution >= 4 is 44.7 Å². The fourth-order valence-corrected chi connectivity index (χ4v) is 6.59. The Hall–Kier alpha value is -2.99. The van der Waals surface area contributed by atoms with Crippen molar-refractivity contribution in [1.82, 2.24) is 20.3 Å². The van der Waals surface area contributed by atoms with Crippen LogP contribution in [-0.4, -0.2) is 62.4 Å². The molecule has 0 saturated carbocycles. The molecule has 0 spiro atoms. The second-order valence-electron chi connectivity index (χ2n) is 10.00. The van der Waals surface area contributed by atoms with Gasteiger partial charge in [0.2, 0.25) is 5.91 Å². The number of benzene rings is 1. The third kappa shape index (κ3) is 4.15. The molecule has 1 saturated heterocycles. The number of aliphatic hydroxyl groups is 2. The van der Waals surface area contributed by atoms with Gasteiger partial charge >= 0.3 is 0 Å². The Labute approximate surface area is 212 Å². The molecule has 0 unspecified atom stereocenters. The molecule has 5 N–H and O–H groups in total. The molecule has 10 nitrogen and oxygen atoms in total. The predicted octanol–water partition coefficient (Wildman–Crippen LogP) is 2.32. The largest absolute Gasteiger partial charge is 0.489 e. The minimum atomic E-state index is -0.864. The monoisotopic (exact) mass is 510 g/mol. The Morgan fingerprint density at radius 2 is 2.06 bits per heavy atom. The molecule has 0 radical (unpaired) electrons. The fourth-order valence-electron chi connectivity index (χ4n) is 5.32. The summed E-state index contributed by atoms with van der Waals surface area (Å²) >= 11 is 1.61. The molecular formula is C25H30N6O4S. The van der Waals surface area contributed by atoms with Crippen molar-refractivity contribution in [2.45, 2.75) is 58.0 Å². The first kappa shape index (κ1) is 23.4. The number of fused-ring (bicyclic) bond motifs is 4. The van der Waals surface area contributed by atoms with E-state index in [0.717, 1.165) is 56.6 Å². The summed E-state index contributed by atoms with van der Waals surface area (Å²) in [7, 11) is 0. The number of hydrazine groups is 1. The van der Waals surface area contributed by atoms with E-state index in [1.165, 1.54) is 5.56 Å². The summed E-state index contributed by atoms with van der Waals surface area (Å²) in [5.41, 5.74) is 10.5. The highest BCUT2D eigenvalue weighted by molar-refractivity contribution is 7.19. The van der Waals surface area contributed by atoms with E-state index in [1.54, 1.807) is 22.6 Å². The number of rotatable bonds is 5. The van der Waals surface area contributed by atoms with Crippen LogP contribution >= 0.6 is 11.3 Å². The quantitative estimate of drug-likeness (QED) is 0.351. The molecule has 1 amide bonds. The van der Waals surface area contributed by atoms with Gasteiger partial charge in [-0.05, 0) is 50.3 Å². The lowest BCUT2D eigenvalue weighted by Gasteiger charge is -2.26. The average molecular weight is 511 g/mol. The topological polar surface area (TPSA) is 132 Å². The van der Waals surface area contributed by atoms with E-state index in [2.05, 4.69) is 32.2 Å². The second kappa shape index (κ2) is 9.15. The fraction of sp³-hybridized carbons (Fsp3) is 0.480. The van der Waals surface area contributed by atoms with Gasteiger partial charge in [-0.25, -0.2) is 15.4 Å². The summed E-state index contributed by atoms with van der Waals surface area (Å²) in [6.07, 6.45) is 1.96. The molecule has 11 heteroatoms. The molecule has 1 aromatic carbocycles. The number of hydrogen-bond acceptors (Lipinski definition) is 10. The van der Waals surface area contributed by atoms with Gasteiger partial charge in [-0.1, -0.05) is 0 Å². The molecule has 4 heterocycles. The zero-order valence-corrected chi connectivity index (χ0v) is 21.1. The number of anilines is 3. The molecule has 1 aliphatic carbocycles. The smallest absolute Gasteiger partial charge is 0.226 e. The first-order valence-electron chi connectivity index (χ1n) is 12.4. The number of aryl methyl sites for hydroxylation is 1.